The van der Waals surface area contributed by atoms with E-state index < -0.39 is 23.9 Å². The molecule has 0 aliphatic carbocycles. The fourth-order valence-electron chi connectivity index (χ4n) is 3.10. The molecule has 2 atom stereocenters. The highest BCUT2D eigenvalue weighted by molar-refractivity contribution is 6.05. The Morgan fingerprint density at radius 3 is 2.17 bits per heavy atom. The molecule has 8 nitrogen and oxygen atoms in total. The number of carbonyl (C=O) groups is 3. The van der Waals surface area contributed by atoms with Gasteiger partial charge in [-0.15, -0.1) is 0 Å². The van der Waals surface area contributed by atoms with Crippen molar-refractivity contribution in [1.82, 2.24) is 15.5 Å². The number of likely N-dealkylation sites (tertiary alicyclic amines) is 1. The number of hydrogen-bond acceptors (Lipinski definition) is 4. The van der Waals surface area contributed by atoms with Crippen LogP contribution in [-0.4, -0.2) is 55.0 Å². The van der Waals surface area contributed by atoms with Crippen LogP contribution in [0.25, 0.3) is 0 Å². The van der Waals surface area contributed by atoms with Crippen molar-refractivity contribution in [1.29, 1.82) is 0 Å². The predicted molar refractivity (Wildman–Crippen MR) is 87.3 cm³/mol. The number of primary amides is 2. The number of nitrogens with two attached hydrogens (primary N) is 2. The summed E-state index contributed by atoms with van der Waals surface area (Å²) >= 11 is 0. The molecule has 132 valence electrons. The average molecular weight is 327 g/mol. The molecule has 0 unspecified atom stereocenters. The van der Waals surface area contributed by atoms with Gasteiger partial charge in [-0.05, 0) is 37.6 Å². The molecule has 23 heavy (non-hydrogen) atoms. The van der Waals surface area contributed by atoms with Crippen molar-refractivity contribution < 1.29 is 14.4 Å². The van der Waals surface area contributed by atoms with Crippen LogP contribution in [0.15, 0.2) is 0 Å². The van der Waals surface area contributed by atoms with Crippen LogP contribution in [-0.2, 0) is 9.59 Å². The molecule has 1 aliphatic heterocycles. The number of nitrogens with zero attached hydrogens (tertiary/aromatic N) is 1. The average Bonchev–Trinajstić information content (AvgIpc) is 2.42. The van der Waals surface area contributed by atoms with E-state index in [0.717, 1.165) is 44.3 Å². The highest BCUT2D eigenvalue weighted by Gasteiger charge is 2.23. The standard InChI is InChI=1S/C15H29N5O3/c1-10-7-11(2)9-20(8-10)6-4-3-5-18-15(23)19-12(13(16)21)14(17)22/h10-12H,3-9H2,1-2H3,(H2,16,21)(H2,17,22)(H2,18,19,23)/t10-,11-/m0/s1. The Morgan fingerprint density at radius 1 is 1.09 bits per heavy atom. The first-order chi connectivity index (χ1) is 10.8. The number of nitrogens with one attached hydrogen (secondary N) is 2. The first kappa shape index (κ1) is 19.2. The summed E-state index contributed by atoms with van der Waals surface area (Å²) in [6, 6.07) is -2.10. The summed E-state index contributed by atoms with van der Waals surface area (Å²) in [5.74, 6) is -0.466. The van der Waals surface area contributed by atoms with Gasteiger partial charge in [0.15, 0.2) is 6.04 Å². The van der Waals surface area contributed by atoms with Gasteiger partial charge in [-0.3, -0.25) is 9.59 Å². The third kappa shape index (κ3) is 7.32. The first-order valence-corrected chi connectivity index (χ1v) is 8.15. The van der Waals surface area contributed by atoms with Gasteiger partial charge in [0.05, 0.1) is 0 Å². The van der Waals surface area contributed by atoms with Crippen LogP contribution in [0.4, 0.5) is 4.79 Å². The van der Waals surface area contributed by atoms with Gasteiger partial charge in [0, 0.05) is 19.6 Å². The van der Waals surface area contributed by atoms with Gasteiger partial charge < -0.3 is 27.0 Å². The van der Waals surface area contributed by atoms with Crippen molar-refractivity contribution in [2.75, 3.05) is 26.2 Å². The third-order valence-corrected chi connectivity index (χ3v) is 3.98. The molecule has 0 aromatic carbocycles. The molecule has 1 aliphatic rings. The predicted octanol–water partition coefficient (Wildman–Crippen LogP) is -0.617. The van der Waals surface area contributed by atoms with E-state index in [1.54, 1.807) is 0 Å². The summed E-state index contributed by atoms with van der Waals surface area (Å²) < 4.78 is 0. The van der Waals surface area contributed by atoms with Crippen LogP contribution >= 0.6 is 0 Å². The number of urea groups is 1. The topological polar surface area (TPSA) is 131 Å². The summed E-state index contributed by atoms with van der Waals surface area (Å²) in [6.07, 6.45) is 3.10. The largest absolute Gasteiger partial charge is 0.367 e. The van der Waals surface area contributed by atoms with Crippen molar-refractivity contribution in [2.24, 2.45) is 23.3 Å². The second-order valence-electron chi connectivity index (χ2n) is 6.55. The van der Waals surface area contributed by atoms with E-state index in [1.165, 1.54) is 6.42 Å². The zero-order valence-corrected chi connectivity index (χ0v) is 14.0. The minimum atomic E-state index is -1.48. The zero-order valence-electron chi connectivity index (χ0n) is 14.0. The monoisotopic (exact) mass is 327 g/mol. The summed E-state index contributed by atoms with van der Waals surface area (Å²) in [5.41, 5.74) is 9.96. The summed E-state index contributed by atoms with van der Waals surface area (Å²) in [6.45, 7) is 8.32. The van der Waals surface area contributed by atoms with Crippen LogP contribution in [0.2, 0.25) is 0 Å². The van der Waals surface area contributed by atoms with Gasteiger partial charge >= 0.3 is 6.03 Å². The Hall–Kier alpha value is -1.83. The Morgan fingerprint density at radius 2 is 1.65 bits per heavy atom. The van der Waals surface area contributed by atoms with Crippen molar-refractivity contribution in [3.05, 3.63) is 0 Å². The Kier molecular flexibility index (Phi) is 7.80. The lowest BCUT2D eigenvalue weighted by Crippen LogP contribution is -2.55. The van der Waals surface area contributed by atoms with E-state index >= 15 is 0 Å². The molecule has 6 N–H and O–H groups in total. The molecule has 1 fully saturated rings. The highest BCUT2D eigenvalue weighted by atomic mass is 16.2. The van der Waals surface area contributed by atoms with E-state index in [-0.39, 0.29) is 0 Å². The maximum atomic E-state index is 11.6. The van der Waals surface area contributed by atoms with Gasteiger partial charge in [-0.2, -0.15) is 0 Å². The Bertz CT molecular complexity index is 405. The lowest BCUT2D eigenvalue weighted by Gasteiger charge is -2.34. The van der Waals surface area contributed by atoms with Gasteiger partial charge in [-0.25, -0.2) is 4.79 Å². The van der Waals surface area contributed by atoms with E-state index in [2.05, 4.69) is 29.4 Å². The molecule has 4 amide bonds. The molecular weight excluding hydrogens is 298 g/mol. The second kappa shape index (κ2) is 9.34. The molecule has 0 bridgehead atoms. The second-order valence-corrected chi connectivity index (χ2v) is 6.55. The number of carbonyl (C=O) groups excluding carboxylic acids is 3. The first-order valence-electron chi connectivity index (χ1n) is 8.15. The van der Waals surface area contributed by atoms with E-state index in [0.29, 0.717) is 6.54 Å². The van der Waals surface area contributed by atoms with Gasteiger partial charge in [0.25, 0.3) is 0 Å². The SMILES string of the molecule is C[C@H]1C[C@H](C)CN(CCCCNC(=O)NC(C(N)=O)C(N)=O)C1. The number of rotatable bonds is 8. The van der Waals surface area contributed by atoms with Crippen molar-refractivity contribution >= 4 is 17.8 Å². The van der Waals surface area contributed by atoms with E-state index in [4.69, 9.17) is 11.5 Å². The number of amides is 4. The Balaban J connectivity index is 2.16. The fraction of sp³-hybridized carbons (Fsp3) is 0.800. The molecule has 0 saturated carbocycles. The Labute approximate surface area is 137 Å². The molecule has 1 rings (SSSR count). The van der Waals surface area contributed by atoms with E-state index in [9.17, 15) is 14.4 Å². The van der Waals surface area contributed by atoms with Crippen LogP contribution in [0.1, 0.15) is 33.1 Å². The quantitative estimate of drug-likeness (QED) is 0.349. The molecule has 0 aromatic rings. The summed E-state index contributed by atoms with van der Waals surface area (Å²) in [7, 11) is 0. The zero-order chi connectivity index (χ0) is 17.4. The molecule has 0 aromatic heterocycles. The highest BCUT2D eigenvalue weighted by Crippen LogP contribution is 2.20. The molecule has 0 spiro atoms. The minimum Gasteiger partial charge on any atom is -0.367 e. The molecule has 1 heterocycles. The molecule has 0 radical (unpaired) electrons. The lowest BCUT2D eigenvalue weighted by atomic mass is 9.92. The molecule has 1 saturated heterocycles. The van der Waals surface area contributed by atoms with Crippen molar-refractivity contribution in [3.63, 3.8) is 0 Å². The third-order valence-electron chi connectivity index (χ3n) is 3.98. The lowest BCUT2D eigenvalue weighted by molar-refractivity contribution is -0.128. The minimum absolute atomic E-state index is 0.467. The normalized spacial score (nSPS) is 21.9. The molecular formula is C15H29N5O3. The van der Waals surface area contributed by atoms with E-state index in [1.807, 2.05) is 0 Å². The van der Waals surface area contributed by atoms with Gasteiger partial charge in [-0.1, -0.05) is 13.8 Å². The number of hydrogen-bond donors (Lipinski definition) is 4. The number of piperidine rings is 1. The maximum Gasteiger partial charge on any atom is 0.315 e. The summed E-state index contributed by atoms with van der Waals surface area (Å²) in [4.78, 5) is 35.9. The van der Waals surface area contributed by atoms with Gasteiger partial charge in [0.1, 0.15) is 0 Å². The van der Waals surface area contributed by atoms with Crippen molar-refractivity contribution in [3.8, 4) is 0 Å². The molecule has 8 heteroatoms. The van der Waals surface area contributed by atoms with Crippen LogP contribution < -0.4 is 22.1 Å². The summed E-state index contributed by atoms with van der Waals surface area (Å²) in [5, 5.41) is 4.75. The fourth-order valence-corrected chi connectivity index (χ4v) is 3.10. The van der Waals surface area contributed by atoms with Crippen LogP contribution in [0.5, 0.6) is 0 Å². The number of unbranched alkanes of at least 4 members (excludes halogenated alkanes) is 1. The maximum absolute atomic E-state index is 11.6. The smallest absolute Gasteiger partial charge is 0.315 e. The van der Waals surface area contributed by atoms with Crippen molar-refractivity contribution in [2.45, 2.75) is 39.2 Å². The van der Waals surface area contributed by atoms with Crippen LogP contribution in [0, 0.1) is 11.8 Å². The van der Waals surface area contributed by atoms with Gasteiger partial charge in [0.2, 0.25) is 11.8 Å². The van der Waals surface area contributed by atoms with Crippen LogP contribution in [0.3, 0.4) is 0 Å².